The largest absolute Gasteiger partial charge is 0.333 e. The molecule has 1 aliphatic carbocycles. The van der Waals surface area contributed by atoms with E-state index in [1.165, 1.54) is 0 Å². The molecule has 35 heavy (non-hydrogen) atoms. The van der Waals surface area contributed by atoms with Crippen LogP contribution in [0.3, 0.4) is 0 Å². The van der Waals surface area contributed by atoms with Crippen molar-refractivity contribution in [3.05, 3.63) is 47.0 Å². The maximum atomic E-state index is 13.4. The van der Waals surface area contributed by atoms with E-state index >= 15 is 0 Å². The molecule has 2 aromatic rings. The van der Waals surface area contributed by atoms with Gasteiger partial charge in [0.05, 0.1) is 12.4 Å². The van der Waals surface area contributed by atoms with Crippen LogP contribution in [0.2, 0.25) is 0 Å². The van der Waals surface area contributed by atoms with E-state index in [0.717, 1.165) is 34.6 Å². The summed E-state index contributed by atoms with van der Waals surface area (Å²) in [6.07, 6.45) is 4.22. The molecule has 4 rings (SSSR count). The highest BCUT2D eigenvalue weighted by molar-refractivity contribution is 6.10. The Hall–Kier alpha value is -3.16. The zero-order valence-corrected chi connectivity index (χ0v) is 21.1. The molecule has 1 aromatic heterocycles. The van der Waals surface area contributed by atoms with Gasteiger partial charge in [-0.3, -0.25) is 9.59 Å². The van der Waals surface area contributed by atoms with Crippen LogP contribution >= 0.6 is 0 Å². The molecule has 0 atom stereocenters. The van der Waals surface area contributed by atoms with Crippen LogP contribution in [0.5, 0.6) is 0 Å². The van der Waals surface area contributed by atoms with Gasteiger partial charge in [0.25, 0.3) is 0 Å². The first-order valence-corrected chi connectivity index (χ1v) is 12.1. The van der Waals surface area contributed by atoms with Gasteiger partial charge >= 0.3 is 6.03 Å². The van der Waals surface area contributed by atoms with E-state index in [9.17, 15) is 18.8 Å². The molecule has 0 radical (unpaired) electrons. The molecule has 2 amide bonds. The van der Waals surface area contributed by atoms with E-state index in [4.69, 9.17) is 0 Å². The number of nitrogens with one attached hydrogen (secondary N) is 1. The second kappa shape index (κ2) is 9.13. The van der Waals surface area contributed by atoms with Crippen LogP contribution in [0.15, 0.2) is 24.5 Å². The van der Waals surface area contributed by atoms with Crippen LogP contribution in [-0.4, -0.2) is 51.1 Å². The second-order valence-electron chi connectivity index (χ2n) is 11.1. The number of urea groups is 1. The van der Waals surface area contributed by atoms with Crippen molar-refractivity contribution < 1.29 is 18.8 Å². The van der Waals surface area contributed by atoms with Crippen LogP contribution in [0, 0.1) is 25.1 Å². The van der Waals surface area contributed by atoms with Crippen molar-refractivity contribution in [1.29, 1.82) is 0 Å². The van der Waals surface area contributed by atoms with Crippen LogP contribution < -0.4 is 5.32 Å². The molecule has 2 heterocycles. The summed E-state index contributed by atoms with van der Waals surface area (Å²) in [5.41, 5.74) is 2.44. The second-order valence-corrected chi connectivity index (χ2v) is 11.1. The Balaban J connectivity index is 1.50. The lowest BCUT2D eigenvalue weighted by atomic mass is 9.62. The van der Waals surface area contributed by atoms with Crippen molar-refractivity contribution in [2.45, 2.75) is 71.8 Å². The summed E-state index contributed by atoms with van der Waals surface area (Å²) in [7, 11) is 0. The first-order valence-electron chi connectivity index (χ1n) is 12.1. The standard InChI is InChI=1S/C27H33FN4O3/c1-16-10-18(24-29-14-19(28)15-30-24)11-17(2)22(16)23-20(33)12-27(13-21(23)34)6-8-32(9-7-27)25(35)31-26(3,4)5/h10-11,14-15,23H,6-9,12-13H2,1-5H3,(H,31,35). The Morgan fingerprint density at radius 2 is 1.54 bits per heavy atom. The summed E-state index contributed by atoms with van der Waals surface area (Å²) in [5.74, 6) is -0.985. The minimum atomic E-state index is -0.772. The van der Waals surface area contributed by atoms with Gasteiger partial charge in [-0.05, 0) is 81.7 Å². The number of hydrogen-bond donors (Lipinski definition) is 1. The smallest absolute Gasteiger partial charge is 0.317 e. The number of piperidine rings is 1. The summed E-state index contributed by atoms with van der Waals surface area (Å²) < 4.78 is 13.2. The van der Waals surface area contributed by atoms with E-state index in [1.54, 1.807) is 4.90 Å². The number of carbonyl (C=O) groups excluding carboxylic acids is 3. The van der Waals surface area contributed by atoms with Crippen molar-refractivity contribution in [2.24, 2.45) is 5.41 Å². The average molecular weight is 481 g/mol. The number of benzene rings is 1. The van der Waals surface area contributed by atoms with E-state index in [1.807, 2.05) is 46.8 Å². The van der Waals surface area contributed by atoms with Crippen molar-refractivity contribution in [3.8, 4) is 11.4 Å². The Morgan fingerprint density at radius 1 is 1.03 bits per heavy atom. The molecular formula is C27H33FN4O3. The Labute approximate surface area is 205 Å². The quantitative estimate of drug-likeness (QED) is 0.639. The summed E-state index contributed by atoms with van der Waals surface area (Å²) in [6, 6.07) is 3.61. The normalized spacial score (nSPS) is 18.7. The molecule has 1 N–H and O–H groups in total. The molecule has 1 aliphatic heterocycles. The average Bonchev–Trinajstić information content (AvgIpc) is 2.74. The molecule has 2 fully saturated rings. The van der Waals surface area contributed by atoms with Gasteiger partial charge in [-0.2, -0.15) is 0 Å². The lowest BCUT2D eigenvalue weighted by Crippen LogP contribution is -2.53. The molecule has 186 valence electrons. The van der Waals surface area contributed by atoms with Gasteiger partial charge in [-0.25, -0.2) is 19.2 Å². The number of nitrogens with zero attached hydrogens (tertiary/aromatic N) is 3. The number of carbonyl (C=O) groups is 3. The third-order valence-corrected chi connectivity index (χ3v) is 7.10. The minimum Gasteiger partial charge on any atom is -0.333 e. The third-order valence-electron chi connectivity index (χ3n) is 7.10. The number of halogens is 1. The fraction of sp³-hybridized carbons (Fsp3) is 0.519. The number of hydrogen-bond acceptors (Lipinski definition) is 5. The molecule has 2 aliphatic rings. The van der Waals surface area contributed by atoms with Crippen LogP contribution in [-0.2, 0) is 9.59 Å². The van der Waals surface area contributed by atoms with E-state index in [0.29, 0.717) is 44.6 Å². The number of amides is 2. The SMILES string of the molecule is Cc1cc(-c2ncc(F)cn2)cc(C)c1C1C(=O)CC2(CCN(C(=O)NC(C)(C)C)CC2)CC1=O. The number of aryl methyl sites for hydroxylation is 2. The molecule has 0 bridgehead atoms. The Morgan fingerprint density at radius 3 is 2.03 bits per heavy atom. The van der Waals surface area contributed by atoms with Crippen LogP contribution in [0.4, 0.5) is 9.18 Å². The fourth-order valence-electron chi connectivity index (χ4n) is 5.47. The highest BCUT2D eigenvalue weighted by Crippen LogP contribution is 2.47. The summed E-state index contributed by atoms with van der Waals surface area (Å²) in [4.78, 5) is 49.2. The maximum Gasteiger partial charge on any atom is 0.317 e. The predicted molar refractivity (Wildman–Crippen MR) is 130 cm³/mol. The molecule has 1 saturated carbocycles. The number of aromatic nitrogens is 2. The predicted octanol–water partition coefficient (Wildman–Crippen LogP) is 4.51. The monoisotopic (exact) mass is 480 g/mol. The lowest BCUT2D eigenvalue weighted by Gasteiger charge is -2.45. The zero-order valence-electron chi connectivity index (χ0n) is 21.1. The van der Waals surface area contributed by atoms with Crippen molar-refractivity contribution in [1.82, 2.24) is 20.2 Å². The lowest BCUT2D eigenvalue weighted by molar-refractivity contribution is -0.138. The van der Waals surface area contributed by atoms with Gasteiger partial charge in [-0.1, -0.05) is 0 Å². The van der Waals surface area contributed by atoms with Gasteiger partial charge in [0.1, 0.15) is 17.5 Å². The maximum absolute atomic E-state index is 13.4. The fourth-order valence-corrected chi connectivity index (χ4v) is 5.47. The number of rotatable bonds is 2. The number of likely N-dealkylation sites (tertiary alicyclic amines) is 1. The minimum absolute atomic E-state index is 0.0502. The summed E-state index contributed by atoms with van der Waals surface area (Å²) in [5, 5.41) is 2.98. The van der Waals surface area contributed by atoms with Crippen molar-refractivity contribution in [2.75, 3.05) is 13.1 Å². The number of ketones is 2. The van der Waals surface area contributed by atoms with E-state index in [-0.39, 0.29) is 28.6 Å². The summed E-state index contributed by atoms with van der Waals surface area (Å²) in [6.45, 7) is 10.7. The van der Waals surface area contributed by atoms with Gasteiger partial charge in [0.2, 0.25) is 0 Å². The highest BCUT2D eigenvalue weighted by Gasteiger charge is 2.48. The van der Waals surface area contributed by atoms with E-state index in [2.05, 4.69) is 15.3 Å². The molecule has 1 aromatic carbocycles. The zero-order chi connectivity index (χ0) is 25.5. The highest BCUT2D eigenvalue weighted by atomic mass is 19.1. The van der Waals surface area contributed by atoms with Crippen molar-refractivity contribution >= 4 is 17.6 Å². The van der Waals surface area contributed by atoms with Crippen LogP contribution in [0.25, 0.3) is 11.4 Å². The Bertz CT molecular complexity index is 1120. The van der Waals surface area contributed by atoms with Gasteiger partial charge < -0.3 is 10.2 Å². The molecule has 1 saturated heterocycles. The molecule has 8 heteroatoms. The molecule has 0 unspecified atom stereocenters. The molecule has 1 spiro atoms. The molecular weight excluding hydrogens is 447 g/mol. The topological polar surface area (TPSA) is 92.3 Å². The summed E-state index contributed by atoms with van der Waals surface area (Å²) >= 11 is 0. The third kappa shape index (κ3) is 5.26. The van der Waals surface area contributed by atoms with Gasteiger partial charge in [0, 0.05) is 37.0 Å². The first-order chi connectivity index (χ1) is 16.4. The van der Waals surface area contributed by atoms with Crippen molar-refractivity contribution in [3.63, 3.8) is 0 Å². The number of Topliss-reactive ketones (excluding diaryl/α,β-unsaturated/α-hetero) is 2. The van der Waals surface area contributed by atoms with Gasteiger partial charge in [0.15, 0.2) is 11.6 Å². The first kappa shape index (κ1) is 24.9. The van der Waals surface area contributed by atoms with Gasteiger partial charge in [-0.15, -0.1) is 0 Å². The van der Waals surface area contributed by atoms with E-state index < -0.39 is 11.7 Å². The molecule has 7 nitrogen and oxygen atoms in total. The van der Waals surface area contributed by atoms with Crippen LogP contribution in [0.1, 0.15) is 69.1 Å². The Kier molecular flexibility index (Phi) is 6.51.